The van der Waals surface area contributed by atoms with Crippen molar-refractivity contribution in [3.63, 3.8) is 0 Å². The molecule has 2 rings (SSSR count). The van der Waals surface area contributed by atoms with Crippen LogP contribution in [0.15, 0.2) is 34.8 Å². The lowest BCUT2D eigenvalue weighted by molar-refractivity contribution is 0.863. The molecule has 1 N–H and O–H groups in total. The first-order valence-electron chi connectivity index (χ1n) is 5.89. The van der Waals surface area contributed by atoms with Crippen LogP contribution in [0.5, 0.6) is 0 Å². The quantitative estimate of drug-likeness (QED) is 0.930. The van der Waals surface area contributed by atoms with Crippen LogP contribution in [0, 0.1) is 13.8 Å². The number of hydrogen-bond donors (Lipinski definition) is 1. The number of nitrogens with one attached hydrogen (secondary N) is 1. The van der Waals surface area contributed by atoms with Gasteiger partial charge < -0.3 is 5.32 Å². The number of aromatic nitrogens is 2. The Kier molecular flexibility index (Phi) is 3.97. The van der Waals surface area contributed by atoms with Gasteiger partial charge in [-0.25, -0.2) is 9.97 Å². The van der Waals surface area contributed by atoms with Crippen molar-refractivity contribution in [3.8, 4) is 0 Å². The van der Waals surface area contributed by atoms with Gasteiger partial charge in [0.15, 0.2) is 0 Å². The number of nitrogens with zero attached hydrogens (tertiary/aromatic N) is 2. The molecule has 94 valence electrons. The Morgan fingerprint density at radius 2 is 1.78 bits per heavy atom. The summed E-state index contributed by atoms with van der Waals surface area (Å²) in [6.07, 6.45) is 0. The summed E-state index contributed by atoms with van der Waals surface area (Å²) in [6.45, 7) is 6.00. The topological polar surface area (TPSA) is 37.8 Å². The van der Waals surface area contributed by atoms with Crippen molar-refractivity contribution in [1.29, 1.82) is 0 Å². The highest BCUT2D eigenvalue weighted by atomic mass is 79.9. The van der Waals surface area contributed by atoms with Gasteiger partial charge in [0.25, 0.3) is 0 Å². The van der Waals surface area contributed by atoms with Crippen LogP contribution in [-0.2, 0) is 0 Å². The van der Waals surface area contributed by atoms with Crippen molar-refractivity contribution in [1.82, 2.24) is 9.97 Å². The molecule has 0 aliphatic carbocycles. The number of rotatable bonds is 3. The second-order valence-corrected chi connectivity index (χ2v) is 5.28. The lowest BCUT2D eigenvalue weighted by Gasteiger charge is -2.15. The van der Waals surface area contributed by atoms with Crippen molar-refractivity contribution < 1.29 is 0 Å². The molecule has 4 heteroatoms. The molecule has 0 spiro atoms. The summed E-state index contributed by atoms with van der Waals surface area (Å²) < 4.78 is 1.09. The molecular formula is C14H16BrN3. The average Bonchev–Trinajstić information content (AvgIpc) is 2.28. The van der Waals surface area contributed by atoms with Crippen molar-refractivity contribution >= 4 is 21.7 Å². The van der Waals surface area contributed by atoms with Gasteiger partial charge in [0, 0.05) is 22.3 Å². The lowest BCUT2D eigenvalue weighted by atomic mass is 10.1. The van der Waals surface area contributed by atoms with Crippen LogP contribution in [0.3, 0.4) is 0 Å². The fourth-order valence-corrected chi connectivity index (χ4v) is 2.11. The number of hydrogen-bond acceptors (Lipinski definition) is 3. The van der Waals surface area contributed by atoms with Crippen molar-refractivity contribution in [2.24, 2.45) is 0 Å². The molecule has 0 unspecified atom stereocenters. The Hall–Kier alpha value is -1.42. The van der Waals surface area contributed by atoms with Crippen LogP contribution in [-0.4, -0.2) is 9.97 Å². The first kappa shape index (κ1) is 13.0. The van der Waals surface area contributed by atoms with Gasteiger partial charge in [-0.05, 0) is 38.5 Å². The van der Waals surface area contributed by atoms with Gasteiger partial charge >= 0.3 is 0 Å². The SMILES string of the molecule is Cc1cc(N[C@@H](C)c2ccc(Br)cc2)nc(C)n1. The summed E-state index contributed by atoms with van der Waals surface area (Å²) in [6, 6.07) is 10.5. The summed E-state index contributed by atoms with van der Waals surface area (Å²) in [4.78, 5) is 8.65. The maximum Gasteiger partial charge on any atom is 0.130 e. The van der Waals surface area contributed by atoms with E-state index in [1.807, 2.05) is 32.0 Å². The largest absolute Gasteiger partial charge is 0.363 e. The predicted molar refractivity (Wildman–Crippen MR) is 77.7 cm³/mol. The van der Waals surface area contributed by atoms with E-state index in [9.17, 15) is 0 Å². The Morgan fingerprint density at radius 3 is 2.39 bits per heavy atom. The Balaban J connectivity index is 2.15. The zero-order valence-electron chi connectivity index (χ0n) is 10.7. The normalized spacial score (nSPS) is 12.2. The van der Waals surface area contributed by atoms with E-state index in [1.54, 1.807) is 0 Å². The molecule has 1 aromatic carbocycles. The molecule has 0 saturated carbocycles. The second kappa shape index (κ2) is 5.48. The molecule has 2 aromatic rings. The van der Waals surface area contributed by atoms with E-state index in [0.717, 1.165) is 21.8 Å². The number of anilines is 1. The summed E-state index contributed by atoms with van der Waals surface area (Å²) in [5.74, 6) is 1.66. The third-order valence-electron chi connectivity index (χ3n) is 2.70. The predicted octanol–water partition coefficient (Wildman–Crippen LogP) is 4.03. The molecule has 0 amide bonds. The van der Waals surface area contributed by atoms with Gasteiger partial charge in [-0.15, -0.1) is 0 Å². The Labute approximate surface area is 116 Å². The lowest BCUT2D eigenvalue weighted by Crippen LogP contribution is -2.09. The van der Waals surface area contributed by atoms with Crippen LogP contribution in [0.2, 0.25) is 0 Å². The third-order valence-corrected chi connectivity index (χ3v) is 3.23. The zero-order chi connectivity index (χ0) is 13.1. The molecule has 0 radical (unpaired) electrons. The molecule has 0 fully saturated rings. The first-order valence-corrected chi connectivity index (χ1v) is 6.68. The maximum atomic E-state index is 4.39. The minimum Gasteiger partial charge on any atom is -0.363 e. The van der Waals surface area contributed by atoms with E-state index in [2.05, 4.69) is 50.3 Å². The molecular weight excluding hydrogens is 290 g/mol. The highest BCUT2D eigenvalue weighted by Gasteiger charge is 2.06. The van der Waals surface area contributed by atoms with E-state index in [1.165, 1.54) is 5.56 Å². The maximum absolute atomic E-state index is 4.39. The van der Waals surface area contributed by atoms with Crippen molar-refractivity contribution in [2.45, 2.75) is 26.8 Å². The van der Waals surface area contributed by atoms with Crippen LogP contribution >= 0.6 is 15.9 Å². The van der Waals surface area contributed by atoms with E-state index >= 15 is 0 Å². The second-order valence-electron chi connectivity index (χ2n) is 4.36. The number of halogens is 1. The molecule has 1 atom stereocenters. The molecule has 0 bridgehead atoms. The fourth-order valence-electron chi connectivity index (χ4n) is 1.85. The van der Waals surface area contributed by atoms with E-state index in [-0.39, 0.29) is 6.04 Å². The fraction of sp³-hybridized carbons (Fsp3) is 0.286. The minimum atomic E-state index is 0.215. The zero-order valence-corrected chi connectivity index (χ0v) is 12.3. The molecule has 18 heavy (non-hydrogen) atoms. The highest BCUT2D eigenvalue weighted by molar-refractivity contribution is 9.10. The summed E-state index contributed by atoms with van der Waals surface area (Å²) >= 11 is 3.44. The number of aryl methyl sites for hydroxylation is 2. The van der Waals surface area contributed by atoms with Gasteiger partial charge in [0.1, 0.15) is 11.6 Å². The van der Waals surface area contributed by atoms with E-state index in [4.69, 9.17) is 0 Å². The molecule has 0 aliphatic heterocycles. The van der Waals surface area contributed by atoms with Gasteiger partial charge in [0.05, 0.1) is 0 Å². The van der Waals surface area contributed by atoms with Gasteiger partial charge in [-0.2, -0.15) is 0 Å². The monoisotopic (exact) mass is 305 g/mol. The summed E-state index contributed by atoms with van der Waals surface area (Å²) in [5.41, 5.74) is 2.21. The van der Waals surface area contributed by atoms with Crippen molar-refractivity contribution in [2.75, 3.05) is 5.32 Å². The highest BCUT2D eigenvalue weighted by Crippen LogP contribution is 2.20. The van der Waals surface area contributed by atoms with E-state index < -0.39 is 0 Å². The molecule has 0 aliphatic rings. The molecule has 1 heterocycles. The van der Waals surface area contributed by atoms with Crippen molar-refractivity contribution in [3.05, 3.63) is 51.9 Å². The Bertz CT molecular complexity index is 517. The average molecular weight is 306 g/mol. The minimum absolute atomic E-state index is 0.215. The number of benzene rings is 1. The molecule has 3 nitrogen and oxygen atoms in total. The first-order chi connectivity index (χ1) is 8.54. The van der Waals surface area contributed by atoms with Crippen LogP contribution < -0.4 is 5.32 Å². The van der Waals surface area contributed by atoms with E-state index in [0.29, 0.717) is 0 Å². The Morgan fingerprint density at radius 1 is 1.11 bits per heavy atom. The smallest absolute Gasteiger partial charge is 0.130 e. The van der Waals surface area contributed by atoms with Gasteiger partial charge in [-0.1, -0.05) is 28.1 Å². The van der Waals surface area contributed by atoms with Crippen LogP contribution in [0.4, 0.5) is 5.82 Å². The van der Waals surface area contributed by atoms with Gasteiger partial charge in [-0.3, -0.25) is 0 Å². The summed E-state index contributed by atoms with van der Waals surface area (Å²) in [7, 11) is 0. The van der Waals surface area contributed by atoms with Crippen LogP contribution in [0.1, 0.15) is 30.0 Å². The molecule has 1 aromatic heterocycles. The summed E-state index contributed by atoms with van der Waals surface area (Å²) in [5, 5.41) is 3.39. The molecule has 0 saturated heterocycles. The van der Waals surface area contributed by atoms with Crippen LogP contribution in [0.25, 0.3) is 0 Å². The standard InChI is InChI=1S/C14H16BrN3/c1-9-8-14(18-11(3)16-9)17-10(2)12-4-6-13(15)7-5-12/h4-8,10H,1-3H3,(H,16,17,18)/t10-/m0/s1. The third kappa shape index (κ3) is 3.29. The van der Waals surface area contributed by atoms with Gasteiger partial charge in [0.2, 0.25) is 0 Å².